The quantitative estimate of drug-likeness (QED) is 0.747. The maximum absolute atomic E-state index is 12.2. The molecule has 94 valence electrons. The number of hydrogen-bond acceptors (Lipinski definition) is 3. The molecule has 1 spiro atoms. The average Bonchev–Trinajstić information content (AvgIpc) is 2.43. The van der Waals surface area contributed by atoms with E-state index in [0.717, 1.165) is 6.42 Å². The fourth-order valence-electron chi connectivity index (χ4n) is 2.96. The van der Waals surface area contributed by atoms with Crippen molar-refractivity contribution in [1.29, 1.82) is 0 Å². The first-order chi connectivity index (χ1) is 7.88. The summed E-state index contributed by atoms with van der Waals surface area (Å²) < 4.78 is 5.93. The molecule has 17 heavy (non-hydrogen) atoms. The van der Waals surface area contributed by atoms with Crippen LogP contribution in [0.3, 0.4) is 0 Å². The highest BCUT2D eigenvalue weighted by molar-refractivity contribution is 5.91. The van der Waals surface area contributed by atoms with E-state index in [2.05, 4.69) is 6.08 Å². The topological polar surface area (TPSA) is 63.6 Å². The van der Waals surface area contributed by atoms with Gasteiger partial charge in [0, 0.05) is 12.3 Å². The van der Waals surface area contributed by atoms with E-state index >= 15 is 0 Å². The number of ketones is 1. The number of rotatable bonds is 2. The van der Waals surface area contributed by atoms with Gasteiger partial charge in [0.25, 0.3) is 0 Å². The van der Waals surface area contributed by atoms with Gasteiger partial charge in [-0.05, 0) is 19.8 Å². The van der Waals surface area contributed by atoms with Crippen LogP contribution in [0.15, 0.2) is 12.2 Å². The molecule has 1 saturated heterocycles. The normalized spacial score (nSPS) is 41.1. The number of aliphatic carboxylic acids is 1. The van der Waals surface area contributed by atoms with E-state index in [1.807, 2.05) is 13.0 Å². The Morgan fingerprint density at radius 1 is 1.65 bits per heavy atom. The van der Waals surface area contributed by atoms with Gasteiger partial charge in [-0.25, -0.2) is 0 Å². The summed E-state index contributed by atoms with van der Waals surface area (Å²) in [5.41, 5.74) is -1.62. The van der Waals surface area contributed by atoms with E-state index in [0.29, 0.717) is 6.42 Å². The van der Waals surface area contributed by atoms with Crippen molar-refractivity contribution in [3.63, 3.8) is 0 Å². The molecule has 1 heterocycles. The fourth-order valence-corrected chi connectivity index (χ4v) is 2.96. The van der Waals surface area contributed by atoms with Crippen molar-refractivity contribution in [3.8, 4) is 0 Å². The lowest BCUT2D eigenvalue weighted by Gasteiger charge is -2.36. The van der Waals surface area contributed by atoms with E-state index < -0.39 is 17.2 Å². The number of carbonyl (C=O) groups excluding carboxylic acids is 1. The zero-order chi connectivity index (χ0) is 12.7. The van der Waals surface area contributed by atoms with E-state index in [4.69, 9.17) is 9.84 Å². The molecule has 2 aliphatic rings. The van der Waals surface area contributed by atoms with Crippen LogP contribution in [0.4, 0.5) is 0 Å². The Balaban J connectivity index is 2.25. The maximum Gasteiger partial charge on any atom is 0.306 e. The largest absolute Gasteiger partial charge is 0.481 e. The summed E-state index contributed by atoms with van der Waals surface area (Å²) in [6.07, 6.45) is 5.62. The number of carbonyl (C=O) groups is 2. The Bertz CT molecular complexity index is 387. The minimum absolute atomic E-state index is 0.0272. The molecular weight excluding hydrogens is 220 g/mol. The van der Waals surface area contributed by atoms with Crippen molar-refractivity contribution in [3.05, 3.63) is 12.2 Å². The van der Waals surface area contributed by atoms with Crippen molar-refractivity contribution in [2.24, 2.45) is 5.92 Å². The first-order valence-corrected chi connectivity index (χ1v) is 6.00. The molecule has 2 rings (SSSR count). The summed E-state index contributed by atoms with van der Waals surface area (Å²) in [6, 6.07) is 0. The van der Waals surface area contributed by atoms with Crippen LogP contribution in [0.1, 0.15) is 39.5 Å². The summed E-state index contributed by atoms with van der Waals surface area (Å²) in [4.78, 5) is 23.0. The lowest BCUT2D eigenvalue weighted by molar-refractivity contribution is -0.159. The second kappa shape index (κ2) is 3.95. The number of hydrogen-bond donors (Lipinski definition) is 1. The van der Waals surface area contributed by atoms with Gasteiger partial charge < -0.3 is 9.84 Å². The standard InChI is InChI=1S/C13H18O4/c1-9-5-3-4-6-13(9)10(14)7-12(2,17-13)8-11(15)16/h3,5,9H,4,6-8H2,1-2H3,(H,15,16). The molecule has 1 aliphatic carbocycles. The van der Waals surface area contributed by atoms with Crippen LogP contribution in [0.2, 0.25) is 0 Å². The van der Waals surface area contributed by atoms with Crippen LogP contribution in [-0.4, -0.2) is 28.1 Å². The van der Waals surface area contributed by atoms with Gasteiger partial charge in [0.2, 0.25) is 0 Å². The first kappa shape index (κ1) is 12.3. The summed E-state index contributed by atoms with van der Waals surface area (Å²) in [7, 11) is 0. The Morgan fingerprint density at radius 2 is 2.35 bits per heavy atom. The third-order valence-electron chi connectivity index (χ3n) is 3.80. The maximum atomic E-state index is 12.2. The predicted octanol–water partition coefficient (Wildman–Crippen LogP) is 1.93. The van der Waals surface area contributed by atoms with Gasteiger partial charge in [0.15, 0.2) is 5.78 Å². The summed E-state index contributed by atoms with van der Waals surface area (Å²) in [5, 5.41) is 8.87. The third-order valence-corrected chi connectivity index (χ3v) is 3.80. The molecule has 4 heteroatoms. The third kappa shape index (κ3) is 2.02. The van der Waals surface area contributed by atoms with Gasteiger partial charge in [0.05, 0.1) is 12.0 Å². The molecule has 4 nitrogen and oxygen atoms in total. The summed E-state index contributed by atoms with van der Waals surface area (Å²) in [5.74, 6) is -0.839. The van der Waals surface area contributed by atoms with E-state index in [1.165, 1.54) is 0 Å². The number of Topliss-reactive ketones (excluding diaryl/α,β-unsaturated/α-hetero) is 1. The minimum Gasteiger partial charge on any atom is -0.481 e. The van der Waals surface area contributed by atoms with Gasteiger partial charge >= 0.3 is 5.97 Å². The van der Waals surface area contributed by atoms with Crippen LogP contribution in [0, 0.1) is 5.92 Å². The van der Waals surface area contributed by atoms with Crippen LogP contribution in [0.25, 0.3) is 0 Å². The molecular formula is C13H18O4. The average molecular weight is 238 g/mol. The molecule has 0 aromatic heterocycles. The van der Waals surface area contributed by atoms with Gasteiger partial charge in [-0.1, -0.05) is 19.1 Å². The lowest BCUT2D eigenvalue weighted by atomic mass is 9.77. The minimum atomic E-state index is -0.920. The second-order valence-corrected chi connectivity index (χ2v) is 5.37. The van der Waals surface area contributed by atoms with Crippen molar-refractivity contribution in [2.45, 2.75) is 50.7 Å². The van der Waals surface area contributed by atoms with Gasteiger partial charge in [-0.15, -0.1) is 0 Å². The van der Waals surface area contributed by atoms with Crippen LogP contribution < -0.4 is 0 Å². The van der Waals surface area contributed by atoms with E-state index in [-0.39, 0.29) is 24.5 Å². The molecule has 0 bridgehead atoms. The molecule has 0 aromatic rings. The second-order valence-electron chi connectivity index (χ2n) is 5.37. The SMILES string of the molecule is CC1C=CCCC12OC(C)(CC(=O)O)CC2=O. The number of ether oxygens (including phenoxy) is 1. The highest BCUT2D eigenvalue weighted by atomic mass is 16.5. The molecule has 0 radical (unpaired) electrons. The molecule has 1 aliphatic heterocycles. The Morgan fingerprint density at radius 3 is 2.94 bits per heavy atom. The van der Waals surface area contributed by atoms with E-state index in [1.54, 1.807) is 6.92 Å². The monoisotopic (exact) mass is 238 g/mol. The zero-order valence-electron chi connectivity index (χ0n) is 10.2. The van der Waals surface area contributed by atoms with Crippen LogP contribution >= 0.6 is 0 Å². The summed E-state index contributed by atoms with van der Waals surface area (Å²) >= 11 is 0. The van der Waals surface area contributed by atoms with Gasteiger partial charge in [0.1, 0.15) is 5.60 Å². The van der Waals surface area contributed by atoms with Crippen LogP contribution in [0.5, 0.6) is 0 Å². The molecule has 0 aromatic carbocycles. The Kier molecular flexibility index (Phi) is 2.86. The van der Waals surface area contributed by atoms with Gasteiger partial charge in [-0.2, -0.15) is 0 Å². The Labute approximate surface area is 101 Å². The molecule has 1 N–H and O–H groups in total. The number of carboxylic acid groups (broad SMARTS) is 1. The molecule has 3 unspecified atom stereocenters. The van der Waals surface area contributed by atoms with Crippen molar-refractivity contribution < 1.29 is 19.4 Å². The fraction of sp³-hybridized carbons (Fsp3) is 0.692. The van der Waals surface area contributed by atoms with Crippen molar-refractivity contribution in [1.82, 2.24) is 0 Å². The molecule has 0 amide bonds. The first-order valence-electron chi connectivity index (χ1n) is 6.00. The van der Waals surface area contributed by atoms with Crippen molar-refractivity contribution in [2.75, 3.05) is 0 Å². The van der Waals surface area contributed by atoms with Crippen molar-refractivity contribution >= 4 is 11.8 Å². The van der Waals surface area contributed by atoms with E-state index in [9.17, 15) is 9.59 Å². The number of allylic oxidation sites excluding steroid dienone is 1. The molecule has 3 atom stereocenters. The zero-order valence-corrected chi connectivity index (χ0v) is 10.2. The highest BCUT2D eigenvalue weighted by Crippen LogP contribution is 2.46. The van der Waals surface area contributed by atoms with Crippen LogP contribution in [-0.2, 0) is 14.3 Å². The molecule has 1 fully saturated rings. The smallest absolute Gasteiger partial charge is 0.306 e. The predicted molar refractivity (Wildman–Crippen MR) is 61.6 cm³/mol. The van der Waals surface area contributed by atoms with Gasteiger partial charge in [-0.3, -0.25) is 9.59 Å². The lowest BCUT2D eigenvalue weighted by Crippen LogP contribution is -2.44. The summed E-state index contributed by atoms with van der Waals surface area (Å²) in [6.45, 7) is 3.68. The number of carboxylic acids is 1. The molecule has 0 saturated carbocycles. The highest BCUT2D eigenvalue weighted by Gasteiger charge is 2.56. The Hall–Kier alpha value is -1.16.